The third-order valence-corrected chi connectivity index (χ3v) is 9.12. The molecule has 0 aliphatic carbocycles. The van der Waals surface area contributed by atoms with Crippen LogP contribution in [0, 0.1) is 0 Å². The molecule has 0 saturated carbocycles. The Morgan fingerprint density at radius 3 is 1.62 bits per heavy atom. The lowest BCUT2D eigenvalue weighted by molar-refractivity contribution is 1.05. The predicted molar refractivity (Wildman–Crippen MR) is 81.6 cm³/mol. The summed E-state index contributed by atoms with van der Waals surface area (Å²) in [4.78, 5) is 0. The molecule has 0 spiro atoms. The van der Waals surface area contributed by atoms with E-state index in [2.05, 4.69) is 63.9 Å². The minimum atomic E-state index is -1.15. The molecule has 0 heterocycles. The van der Waals surface area contributed by atoms with Gasteiger partial charge in [0.1, 0.15) is 0 Å². The van der Waals surface area contributed by atoms with Gasteiger partial charge in [-0.3, -0.25) is 0 Å². The lowest BCUT2D eigenvalue weighted by Crippen LogP contribution is -2.43. The maximum atomic E-state index is 2.49. The first-order chi connectivity index (χ1) is 7.27. The van der Waals surface area contributed by atoms with E-state index in [9.17, 15) is 0 Å². The van der Waals surface area contributed by atoms with Gasteiger partial charge in [-0.1, -0.05) is 86.8 Å². The molecular weight excluding hydrogens is 224 g/mol. The zero-order valence-electron chi connectivity index (χ0n) is 11.7. The quantitative estimate of drug-likeness (QED) is 0.717. The number of hydrogen-bond donors (Lipinski definition) is 0. The molecule has 0 atom stereocenters. The summed E-state index contributed by atoms with van der Waals surface area (Å²) >= 11 is 0. The highest BCUT2D eigenvalue weighted by molar-refractivity contribution is 6.90. The van der Waals surface area contributed by atoms with E-state index in [1.807, 2.05) is 0 Å². The van der Waals surface area contributed by atoms with Gasteiger partial charge in [0.2, 0.25) is 0 Å². The fraction of sp³-hybridized carbons (Fsp3) is 0.571. The third kappa shape index (κ3) is 3.32. The molecule has 0 nitrogen and oxygen atoms in total. The summed E-state index contributed by atoms with van der Waals surface area (Å²) in [5.41, 5.74) is 0. The molecule has 1 aromatic carbocycles. The molecule has 16 heavy (non-hydrogen) atoms. The molecule has 0 saturated heterocycles. The molecule has 0 aliphatic heterocycles. The van der Waals surface area contributed by atoms with Crippen LogP contribution in [0.5, 0.6) is 0 Å². The summed E-state index contributed by atoms with van der Waals surface area (Å²) in [7, 11) is -2.26. The smallest absolute Gasteiger partial charge is 0.0656 e. The van der Waals surface area contributed by atoms with Crippen LogP contribution in [0.25, 0.3) is 0 Å². The molecule has 1 rings (SSSR count). The van der Waals surface area contributed by atoms with Gasteiger partial charge in [-0.2, -0.15) is 0 Å². The zero-order valence-corrected chi connectivity index (χ0v) is 13.7. The zero-order chi connectivity index (χ0) is 12.4. The van der Waals surface area contributed by atoms with Crippen LogP contribution in [0.3, 0.4) is 0 Å². The summed E-state index contributed by atoms with van der Waals surface area (Å²) in [6, 6.07) is 11.0. The summed E-state index contributed by atoms with van der Waals surface area (Å²) in [5, 5.41) is 3.20. The van der Waals surface area contributed by atoms with Crippen LogP contribution in [-0.2, 0) is 0 Å². The molecule has 2 heteroatoms. The van der Waals surface area contributed by atoms with Gasteiger partial charge in [0, 0.05) is 0 Å². The molecular formula is C14H26Si2. The van der Waals surface area contributed by atoms with Gasteiger partial charge < -0.3 is 0 Å². The lowest BCUT2D eigenvalue weighted by atomic mass is 10.4. The number of rotatable bonds is 4. The minimum absolute atomic E-state index is 1.12. The van der Waals surface area contributed by atoms with E-state index in [0.717, 1.165) is 0 Å². The van der Waals surface area contributed by atoms with Crippen molar-refractivity contribution >= 4 is 26.5 Å². The van der Waals surface area contributed by atoms with Crippen molar-refractivity contribution in [3.63, 3.8) is 0 Å². The van der Waals surface area contributed by atoms with Gasteiger partial charge in [0.05, 0.1) is 16.1 Å². The van der Waals surface area contributed by atoms with E-state index in [1.54, 1.807) is 10.4 Å². The Morgan fingerprint density at radius 1 is 0.812 bits per heavy atom. The van der Waals surface area contributed by atoms with Crippen molar-refractivity contribution in [3.05, 3.63) is 24.3 Å². The Labute approximate surface area is 103 Å². The highest BCUT2D eigenvalue weighted by atomic mass is 28.3. The van der Waals surface area contributed by atoms with E-state index < -0.39 is 16.1 Å². The van der Waals surface area contributed by atoms with Crippen molar-refractivity contribution in [3.8, 4) is 0 Å². The Bertz CT molecular complexity index is 331. The second kappa shape index (κ2) is 4.88. The maximum absolute atomic E-state index is 2.49. The maximum Gasteiger partial charge on any atom is 0.0806 e. The highest BCUT2D eigenvalue weighted by Gasteiger charge is 2.23. The van der Waals surface area contributed by atoms with Crippen molar-refractivity contribution in [2.24, 2.45) is 0 Å². The molecule has 0 aliphatic rings. The standard InChI is InChI=1S/C14H26Si2/c1-7-12-16(5,6)14-10-8-13(9-11-14)15(2,3)4/h8-11H,7,12H2,1-6H3. The number of benzene rings is 1. The molecule has 0 aromatic heterocycles. The van der Waals surface area contributed by atoms with Crippen molar-refractivity contribution < 1.29 is 0 Å². The second-order valence-corrected chi connectivity index (χ2v) is 16.4. The second-order valence-electron chi connectivity index (χ2n) is 6.46. The van der Waals surface area contributed by atoms with Gasteiger partial charge in [-0.15, -0.1) is 0 Å². The number of hydrogen-bond acceptors (Lipinski definition) is 0. The average Bonchev–Trinajstić information content (AvgIpc) is 2.16. The normalized spacial score (nSPS) is 12.9. The van der Waals surface area contributed by atoms with Crippen molar-refractivity contribution in [2.45, 2.75) is 52.1 Å². The molecule has 0 N–H and O–H groups in total. The average molecular weight is 251 g/mol. The predicted octanol–water partition coefficient (Wildman–Crippen LogP) is 3.56. The van der Waals surface area contributed by atoms with Crippen LogP contribution in [0.2, 0.25) is 38.8 Å². The summed E-state index contributed by atoms with van der Waals surface area (Å²) in [6.45, 7) is 14.5. The molecule has 0 bridgehead atoms. The van der Waals surface area contributed by atoms with E-state index >= 15 is 0 Å². The van der Waals surface area contributed by atoms with Crippen LogP contribution in [0.15, 0.2) is 24.3 Å². The van der Waals surface area contributed by atoms with Crippen molar-refractivity contribution in [1.82, 2.24) is 0 Å². The van der Waals surface area contributed by atoms with Gasteiger partial charge in [0.25, 0.3) is 0 Å². The van der Waals surface area contributed by atoms with Crippen molar-refractivity contribution in [2.75, 3.05) is 0 Å². The molecule has 0 unspecified atom stereocenters. The Hall–Kier alpha value is -0.346. The Balaban J connectivity index is 2.95. The summed E-state index contributed by atoms with van der Waals surface area (Å²) in [5.74, 6) is 0. The fourth-order valence-corrected chi connectivity index (χ4v) is 5.97. The fourth-order valence-electron chi connectivity index (χ4n) is 2.19. The molecule has 0 radical (unpaired) electrons. The van der Waals surface area contributed by atoms with Crippen LogP contribution < -0.4 is 10.4 Å². The molecule has 0 fully saturated rings. The largest absolute Gasteiger partial charge is 0.0806 e. The van der Waals surface area contributed by atoms with E-state index in [1.165, 1.54) is 12.5 Å². The molecule has 90 valence electrons. The Morgan fingerprint density at radius 2 is 1.25 bits per heavy atom. The van der Waals surface area contributed by atoms with Gasteiger partial charge >= 0.3 is 0 Å². The lowest BCUT2D eigenvalue weighted by Gasteiger charge is -2.24. The van der Waals surface area contributed by atoms with Crippen molar-refractivity contribution in [1.29, 1.82) is 0 Å². The topological polar surface area (TPSA) is 0 Å². The van der Waals surface area contributed by atoms with Crippen LogP contribution in [0.4, 0.5) is 0 Å². The summed E-state index contributed by atoms with van der Waals surface area (Å²) in [6.07, 6.45) is 1.31. The highest BCUT2D eigenvalue weighted by Crippen LogP contribution is 2.12. The van der Waals surface area contributed by atoms with Gasteiger partial charge in [-0.25, -0.2) is 0 Å². The first-order valence-electron chi connectivity index (χ1n) is 6.38. The first kappa shape index (κ1) is 13.7. The first-order valence-corrected chi connectivity index (χ1v) is 13.1. The Kier molecular flexibility index (Phi) is 4.19. The van der Waals surface area contributed by atoms with Gasteiger partial charge in [0.15, 0.2) is 0 Å². The van der Waals surface area contributed by atoms with E-state index in [-0.39, 0.29) is 0 Å². The monoisotopic (exact) mass is 250 g/mol. The third-order valence-electron chi connectivity index (χ3n) is 3.41. The van der Waals surface area contributed by atoms with Crippen LogP contribution >= 0.6 is 0 Å². The van der Waals surface area contributed by atoms with Crippen LogP contribution in [0.1, 0.15) is 13.3 Å². The summed E-state index contributed by atoms with van der Waals surface area (Å²) < 4.78 is 0. The SMILES string of the molecule is CCC[Si](C)(C)c1ccc([Si](C)(C)C)cc1. The van der Waals surface area contributed by atoms with E-state index in [4.69, 9.17) is 0 Å². The van der Waals surface area contributed by atoms with Gasteiger partial charge in [-0.05, 0) is 0 Å². The van der Waals surface area contributed by atoms with E-state index in [0.29, 0.717) is 0 Å². The van der Waals surface area contributed by atoms with Crippen LogP contribution in [-0.4, -0.2) is 16.1 Å². The minimum Gasteiger partial charge on any atom is -0.0656 e. The molecule has 0 amide bonds. The molecule has 1 aromatic rings.